The fourth-order valence-corrected chi connectivity index (χ4v) is 4.28. The zero-order valence-corrected chi connectivity index (χ0v) is 18.2. The number of aromatic amines is 1. The van der Waals surface area contributed by atoms with Gasteiger partial charge >= 0.3 is 5.69 Å². The number of hydrogen-bond acceptors (Lipinski definition) is 5. The lowest BCUT2D eigenvalue weighted by molar-refractivity contribution is -0.114. The lowest BCUT2D eigenvalue weighted by Gasteiger charge is -2.33. The Morgan fingerprint density at radius 1 is 1.21 bits per heavy atom. The molecule has 176 valence electrons. The van der Waals surface area contributed by atoms with Crippen LogP contribution in [0.25, 0.3) is 11.0 Å². The Morgan fingerprint density at radius 2 is 1.91 bits per heavy atom. The maximum atomic E-state index is 13.5. The van der Waals surface area contributed by atoms with Gasteiger partial charge in [0.1, 0.15) is 30.1 Å². The average molecular weight is 460 g/mol. The molecule has 0 aliphatic carbocycles. The maximum Gasteiger partial charge on any atom is 0.326 e. The number of amides is 1. The second-order valence-electron chi connectivity index (χ2n) is 8.28. The van der Waals surface area contributed by atoms with E-state index in [0.29, 0.717) is 43.5 Å². The second kappa shape index (κ2) is 9.72. The summed E-state index contributed by atoms with van der Waals surface area (Å²) >= 11 is 0. The highest BCUT2D eigenvalue weighted by molar-refractivity contribution is 5.90. The number of β-amino-alcohol motifs (C(OH)–C–C–N with tert-alkyl or cyclic N) is 1. The van der Waals surface area contributed by atoms with Crippen molar-refractivity contribution in [3.05, 3.63) is 58.5 Å². The molecule has 2 aromatic carbocycles. The largest absolute Gasteiger partial charge is 0.489 e. The molecular formula is C23H26F2N4O4. The Hall–Kier alpha value is -3.24. The van der Waals surface area contributed by atoms with E-state index in [1.54, 1.807) is 10.6 Å². The fourth-order valence-electron chi connectivity index (χ4n) is 4.28. The number of H-pyrrole nitrogens is 1. The molecule has 0 saturated carbocycles. The van der Waals surface area contributed by atoms with Crippen LogP contribution in [0.4, 0.5) is 14.5 Å². The SMILES string of the molecule is CC(=O)Nc1cc(F)ccc1OCC(O)CN1CCC(n2c(=O)[nH]c3cc(F)ccc32)CC1. The molecule has 3 aromatic rings. The number of fused-ring (bicyclic) bond motifs is 1. The number of piperidine rings is 1. The number of aliphatic hydroxyl groups is 1. The van der Waals surface area contributed by atoms with E-state index < -0.39 is 17.7 Å². The van der Waals surface area contributed by atoms with Crippen molar-refractivity contribution in [3.63, 3.8) is 0 Å². The number of carbonyl (C=O) groups is 1. The van der Waals surface area contributed by atoms with E-state index in [2.05, 4.69) is 15.2 Å². The standard InChI is InChI=1S/C23H26F2N4O4/c1-14(30)26-20-11-16(25)3-5-22(20)33-13-18(31)12-28-8-6-17(7-9-28)29-21-4-2-15(24)10-19(21)27-23(29)32/h2-5,10-11,17-18,31H,6-9,12-13H2,1H3,(H,26,30)(H,27,32). The average Bonchev–Trinajstić information content (AvgIpc) is 3.08. The molecule has 1 aliphatic rings. The molecule has 3 N–H and O–H groups in total. The van der Waals surface area contributed by atoms with Crippen molar-refractivity contribution in [3.8, 4) is 5.75 Å². The van der Waals surface area contributed by atoms with E-state index in [1.807, 2.05) is 0 Å². The maximum absolute atomic E-state index is 13.5. The summed E-state index contributed by atoms with van der Waals surface area (Å²) in [6.45, 7) is 3.02. The van der Waals surface area contributed by atoms with Gasteiger partial charge in [-0.1, -0.05) is 0 Å². The number of halogens is 2. The summed E-state index contributed by atoms with van der Waals surface area (Å²) < 4.78 is 34.2. The van der Waals surface area contributed by atoms with Crippen LogP contribution in [0.15, 0.2) is 41.2 Å². The van der Waals surface area contributed by atoms with E-state index >= 15 is 0 Å². The predicted octanol–water partition coefficient (Wildman–Crippen LogP) is 2.64. The Balaban J connectivity index is 1.31. The van der Waals surface area contributed by atoms with Crippen molar-refractivity contribution in [1.82, 2.24) is 14.5 Å². The lowest BCUT2D eigenvalue weighted by atomic mass is 10.0. The summed E-state index contributed by atoms with van der Waals surface area (Å²) in [5.74, 6) is -0.978. The van der Waals surface area contributed by atoms with Gasteiger partial charge < -0.3 is 25.0 Å². The minimum Gasteiger partial charge on any atom is -0.489 e. The van der Waals surface area contributed by atoms with Crippen molar-refractivity contribution in [1.29, 1.82) is 0 Å². The minimum absolute atomic E-state index is 0.0132. The van der Waals surface area contributed by atoms with Gasteiger partial charge in [-0.05, 0) is 43.2 Å². The van der Waals surface area contributed by atoms with E-state index in [0.717, 1.165) is 6.07 Å². The summed E-state index contributed by atoms with van der Waals surface area (Å²) in [6.07, 6.45) is 0.626. The smallest absolute Gasteiger partial charge is 0.326 e. The van der Waals surface area contributed by atoms with Crippen LogP contribution in [0.3, 0.4) is 0 Å². The van der Waals surface area contributed by atoms with Gasteiger partial charge in [0.05, 0.1) is 16.7 Å². The van der Waals surface area contributed by atoms with Crippen LogP contribution < -0.4 is 15.7 Å². The summed E-state index contributed by atoms with van der Waals surface area (Å²) in [6, 6.07) is 8.05. The van der Waals surface area contributed by atoms with Gasteiger partial charge in [0, 0.05) is 38.7 Å². The summed E-state index contributed by atoms with van der Waals surface area (Å²) in [4.78, 5) is 28.5. The number of nitrogens with one attached hydrogen (secondary N) is 2. The number of aromatic nitrogens is 2. The number of hydrogen-bond donors (Lipinski definition) is 3. The number of benzene rings is 2. The lowest BCUT2D eigenvalue weighted by Crippen LogP contribution is -2.42. The minimum atomic E-state index is -0.796. The summed E-state index contributed by atoms with van der Waals surface area (Å²) in [5, 5.41) is 12.9. The van der Waals surface area contributed by atoms with Gasteiger partial charge in [-0.3, -0.25) is 9.36 Å². The molecule has 0 bridgehead atoms. The quantitative estimate of drug-likeness (QED) is 0.504. The second-order valence-corrected chi connectivity index (χ2v) is 8.28. The molecule has 33 heavy (non-hydrogen) atoms. The third kappa shape index (κ3) is 5.40. The molecule has 0 spiro atoms. The first-order valence-corrected chi connectivity index (χ1v) is 10.8. The number of anilines is 1. The van der Waals surface area contributed by atoms with E-state index in [9.17, 15) is 23.5 Å². The predicted molar refractivity (Wildman–Crippen MR) is 119 cm³/mol. The third-order valence-electron chi connectivity index (χ3n) is 5.75. The molecular weight excluding hydrogens is 434 g/mol. The van der Waals surface area contributed by atoms with Gasteiger partial charge in [-0.2, -0.15) is 0 Å². The molecule has 1 aliphatic heterocycles. The van der Waals surface area contributed by atoms with Crippen LogP contribution in [0.2, 0.25) is 0 Å². The molecule has 1 unspecified atom stereocenters. The molecule has 1 fully saturated rings. The third-order valence-corrected chi connectivity index (χ3v) is 5.75. The molecule has 0 radical (unpaired) electrons. The Labute approximate surface area is 188 Å². The molecule has 1 aromatic heterocycles. The number of rotatable bonds is 7. The zero-order chi connectivity index (χ0) is 23.5. The molecule has 4 rings (SSSR count). The first-order chi connectivity index (χ1) is 15.8. The first kappa shape index (κ1) is 22.9. The molecule has 1 atom stereocenters. The van der Waals surface area contributed by atoms with Gasteiger partial charge in [0.2, 0.25) is 5.91 Å². The van der Waals surface area contributed by atoms with Crippen LogP contribution in [0.5, 0.6) is 5.75 Å². The molecule has 10 heteroatoms. The number of nitrogens with zero attached hydrogens (tertiary/aromatic N) is 2. The first-order valence-electron chi connectivity index (χ1n) is 10.8. The van der Waals surface area contributed by atoms with Gasteiger partial charge in [-0.25, -0.2) is 13.6 Å². The fraction of sp³-hybridized carbons (Fsp3) is 0.391. The van der Waals surface area contributed by atoms with E-state index in [-0.39, 0.29) is 35.7 Å². The van der Waals surface area contributed by atoms with Crippen LogP contribution in [-0.4, -0.2) is 57.8 Å². The van der Waals surface area contributed by atoms with Crippen LogP contribution in [0.1, 0.15) is 25.8 Å². The van der Waals surface area contributed by atoms with Crippen LogP contribution in [-0.2, 0) is 4.79 Å². The van der Waals surface area contributed by atoms with Crippen molar-refractivity contribution in [2.24, 2.45) is 0 Å². The van der Waals surface area contributed by atoms with Crippen molar-refractivity contribution >= 4 is 22.6 Å². The number of aliphatic hydroxyl groups excluding tert-OH is 1. The Morgan fingerprint density at radius 3 is 2.64 bits per heavy atom. The summed E-state index contributed by atoms with van der Waals surface area (Å²) in [7, 11) is 0. The normalized spacial score (nSPS) is 16.1. The van der Waals surface area contributed by atoms with E-state index in [1.165, 1.54) is 31.2 Å². The van der Waals surface area contributed by atoms with Crippen molar-refractivity contribution in [2.75, 3.05) is 31.6 Å². The molecule has 1 amide bonds. The molecule has 2 heterocycles. The number of ether oxygens (including phenoxy) is 1. The molecule has 8 nitrogen and oxygen atoms in total. The highest BCUT2D eigenvalue weighted by atomic mass is 19.1. The highest BCUT2D eigenvalue weighted by Gasteiger charge is 2.25. The zero-order valence-electron chi connectivity index (χ0n) is 18.2. The molecule has 1 saturated heterocycles. The Bertz CT molecular complexity index is 1200. The van der Waals surface area contributed by atoms with Gasteiger partial charge in [0.15, 0.2) is 0 Å². The highest BCUT2D eigenvalue weighted by Crippen LogP contribution is 2.27. The monoisotopic (exact) mass is 460 g/mol. The van der Waals surface area contributed by atoms with Crippen molar-refractivity contribution in [2.45, 2.75) is 31.9 Å². The van der Waals surface area contributed by atoms with Gasteiger partial charge in [-0.15, -0.1) is 0 Å². The van der Waals surface area contributed by atoms with Crippen molar-refractivity contribution < 1.29 is 23.4 Å². The Kier molecular flexibility index (Phi) is 6.75. The topological polar surface area (TPSA) is 99.6 Å². The van der Waals surface area contributed by atoms with Crippen LogP contribution in [0, 0.1) is 11.6 Å². The van der Waals surface area contributed by atoms with E-state index in [4.69, 9.17) is 4.74 Å². The number of likely N-dealkylation sites (tertiary alicyclic amines) is 1. The van der Waals surface area contributed by atoms with Gasteiger partial charge in [0.25, 0.3) is 0 Å². The number of carbonyl (C=O) groups excluding carboxylic acids is 1. The summed E-state index contributed by atoms with van der Waals surface area (Å²) in [5.41, 5.74) is 1.12. The van der Waals surface area contributed by atoms with Crippen LogP contribution >= 0.6 is 0 Å². The number of imidazole rings is 1.